The normalized spacial score (nSPS) is 10.1. The fourth-order valence-corrected chi connectivity index (χ4v) is 2.08. The maximum absolute atomic E-state index is 11.6. The lowest BCUT2D eigenvalue weighted by Crippen LogP contribution is -2.38. The van der Waals surface area contributed by atoms with E-state index < -0.39 is 18.5 Å². The number of amides is 2. The van der Waals surface area contributed by atoms with Crippen LogP contribution in [0, 0.1) is 0 Å². The van der Waals surface area contributed by atoms with Crippen LogP contribution in [0.1, 0.15) is 6.92 Å². The van der Waals surface area contributed by atoms with E-state index in [0.717, 1.165) is 10.8 Å². The summed E-state index contributed by atoms with van der Waals surface area (Å²) in [7, 11) is 0. The Kier molecular flexibility index (Phi) is 6.76. The summed E-state index contributed by atoms with van der Waals surface area (Å²) >= 11 is 0. The molecule has 2 amide bonds. The summed E-state index contributed by atoms with van der Waals surface area (Å²) in [4.78, 5) is 34.3. The summed E-state index contributed by atoms with van der Waals surface area (Å²) in [6.07, 6.45) is 0. The highest BCUT2D eigenvalue weighted by molar-refractivity contribution is 5.86. The molecule has 0 heterocycles. The van der Waals surface area contributed by atoms with E-state index in [1.165, 1.54) is 0 Å². The van der Waals surface area contributed by atoms with Crippen molar-refractivity contribution < 1.29 is 23.9 Å². The highest BCUT2D eigenvalue weighted by Crippen LogP contribution is 2.20. The molecule has 0 aromatic heterocycles. The highest BCUT2D eigenvalue weighted by Gasteiger charge is 2.10. The van der Waals surface area contributed by atoms with Crippen LogP contribution in [0.4, 0.5) is 0 Å². The van der Waals surface area contributed by atoms with Crippen LogP contribution in [0.3, 0.4) is 0 Å². The molecule has 0 aliphatic rings. The number of hydrogen-bond donors (Lipinski definition) is 2. The van der Waals surface area contributed by atoms with Gasteiger partial charge in [-0.3, -0.25) is 9.59 Å². The lowest BCUT2D eigenvalue weighted by molar-refractivity contribution is -0.150. The number of carbonyl (C=O) groups excluding carboxylic acids is 3. The minimum Gasteiger partial charge on any atom is -0.482 e. The first-order valence-corrected chi connectivity index (χ1v) is 7.89. The van der Waals surface area contributed by atoms with Crippen molar-refractivity contribution in [3.8, 4) is 5.75 Å². The molecule has 0 atom stereocenters. The van der Waals surface area contributed by atoms with Crippen molar-refractivity contribution in [3.05, 3.63) is 42.5 Å². The number of likely N-dealkylation sites (N-methyl/N-ethyl adjacent to an activating group) is 1. The van der Waals surface area contributed by atoms with Crippen molar-refractivity contribution in [2.75, 3.05) is 26.3 Å². The molecule has 2 aromatic rings. The Morgan fingerprint density at radius 1 is 0.920 bits per heavy atom. The highest BCUT2D eigenvalue weighted by atomic mass is 16.6. The Morgan fingerprint density at radius 2 is 1.68 bits per heavy atom. The molecule has 2 N–H and O–H groups in total. The Labute approximate surface area is 145 Å². The molecule has 2 aromatic carbocycles. The molecule has 2 rings (SSSR count). The smallest absolute Gasteiger partial charge is 0.344 e. The lowest BCUT2D eigenvalue weighted by atomic mass is 10.1. The van der Waals surface area contributed by atoms with E-state index in [4.69, 9.17) is 9.47 Å². The number of hydrogen-bond acceptors (Lipinski definition) is 5. The second-order valence-corrected chi connectivity index (χ2v) is 5.19. The zero-order chi connectivity index (χ0) is 18.1. The molecule has 0 saturated carbocycles. The Hall–Kier alpha value is -3.09. The number of rotatable bonds is 8. The monoisotopic (exact) mass is 344 g/mol. The van der Waals surface area contributed by atoms with Crippen LogP contribution in [0.2, 0.25) is 0 Å². The second-order valence-electron chi connectivity index (χ2n) is 5.19. The van der Waals surface area contributed by atoms with Gasteiger partial charge in [0.2, 0.25) is 5.91 Å². The number of carbonyl (C=O) groups is 3. The SMILES string of the molecule is CCNC(=O)CNC(=O)COC(=O)COc1ccc2ccccc2c1. The molecule has 7 nitrogen and oxygen atoms in total. The van der Waals surface area contributed by atoms with Gasteiger partial charge >= 0.3 is 5.97 Å². The van der Waals surface area contributed by atoms with Crippen LogP contribution >= 0.6 is 0 Å². The van der Waals surface area contributed by atoms with E-state index >= 15 is 0 Å². The van der Waals surface area contributed by atoms with Gasteiger partial charge in [-0.2, -0.15) is 0 Å². The third-order valence-corrected chi connectivity index (χ3v) is 3.26. The number of esters is 1. The van der Waals surface area contributed by atoms with Gasteiger partial charge in [0.1, 0.15) is 5.75 Å². The first kappa shape index (κ1) is 18.3. The summed E-state index contributed by atoms with van der Waals surface area (Å²) in [6, 6.07) is 13.3. The predicted octanol–water partition coefficient (Wildman–Crippen LogP) is 1.01. The minimum atomic E-state index is -0.665. The van der Waals surface area contributed by atoms with Crippen molar-refractivity contribution in [1.82, 2.24) is 10.6 Å². The second kappa shape index (κ2) is 9.27. The average molecular weight is 344 g/mol. The predicted molar refractivity (Wildman–Crippen MR) is 92.1 cm³/mol. The number of nitrogens with one attached hydrogen (secondary N) is 2. The van der Waals surface area contributed by atoms with Gasteiger partial charge in [-0.15, -0.1) is 0 Å². The minimum absolute atomic E-state index is 0.155. The van der Waals surface area contributed by atoms with Crippen molar-refractivity contribution in [2.24, 2.45) is 0 Å². The van der Waals surface area contributed by atoms with E-state index in [2.05, 4.69) is 10.6 Å². The molecule has 0 fully saturated rings. The summed E-state index contributed by atoms with van der Waals surface area (Å²) in [5, 5.41) is 6.95. The molecule has 0 bridgehead atoms. The maximum Gasteiger partial charge on any atom is 0.344 e. The van der Waals surface area contributed by atoms with Crippen LogP contribution < -0.4 is 15.4 Å². The zero-order valence-electron chi connectivity index (χ0n) is 13.9. The van der Waals surface area contributed by atoms with E-state index in [1.54, 1.807) is 13.0 Å². The molecule has 132 valence electrons. The van der Waals surface area contributed by atoms with Crippen LogP contribution in [0.5, 0.6) is 5.75 Å². The van der Waals surface area contributed by atoms with Gasteiger partial charge in [0.05, 0.1) is 6.54 Å². The first-order chi connectivity index (χ1) is 12.1. The van der Waals surface area contributed by atoms with E-state index in [-0.39, 0.29) is 19.1 Å². The molecular weight excluding hydrogens is 324 g/mol. The fourth-order valence-electron chi connectivity index (χ4n) is 2.08. The molecule has 0 unspecified atom stereocenters. The van der Waals surface area contributed by atoms with Gasteiger partial charge in [-0.25, -0.2) is 4.79 Å². The fraction of sp³-hybridized carbons (Fsp3) is 0.278. The maximum atomic E-state index is 11.6. The van der Waals surface area contributed by atoms with Crippen molar-refractivity contribution >= 4 is 28.6 Å². The van der Waals surface area contributed by atoms with Gasteiger partial charge < -0.3 is 20.1 Å². The molecule has 25 heavy (non-hydrogen) atoms. The first-order valence-electron chi connectivity index (χ1n) is 7.89. The Bertz CT molecular complexity index is 760. The van der Waals surface area contributed by atoms with Crippen molar-refractivity contribution in [1.29, 1.82) is 0 Å². The summed E-state index contributed by atoms with van der Waals surface area (Å²) in [6.45, 7) is 1.34. The molecular formula is C18H20N2O5. The zero-order valence-corrected chi connectivity index (χ0v) is 13.9. The molecule has 0 aliphatic heterocycles. The summed E-state index contributed by atoms with van der Waals surface area (Å²) in [5.41, 5.74) is 0. The van der Waals surface area contributed by atoms with Gasteiger partial charge in [-0.1, -0.05) is 30.3 Å². The lowest BCUT2D eigenvalue weighted by Gasteiger charge is -2.08. The standard InChI is InChI=1S/C18H20N2O5/c1-2-19-16(21)10-20-17(22)11-25-18(23)12-24-15-8-7-13-5-3-4-6-14(13)9-15/h3-9H,2,10-12H2,1H3,(H,19,21)(H,20,22). The Morgan fingerprint density at radius 3 is 2.44 bits per heavy atom. The third kappa shape index (κ3) is 6.14. The van der Waals surface area contributed by atoms with Gasteiger partial charge in [0.25, 0.3) is 5.91 Å². The molecule has 0 aliphatic carbocycles. The van der Waals surface area contributed by atoms with Gasteiger partial charge in [0, 0.05) is 6.54 Å². The number of ether oxygens (including phenoxy) is 2. The van der Waals surface area contributed by atoms with E-state index in [9.17, 15) is 14.4 Å². The largest absolute Gasteiger partial charge is 0.482 e. The quantitative estimate of drug-likeness (QED) is 0.697. The topological polar surface area (TPSA) is 93.7 Å². The van der Waals surface area contributed by atoms with Crippen LogP contribution in [0.15, 0.2) is 42.5 Å². The molecule has 0 saturated heterocycles. The Balaban J connectivity index is 1.71. The van der Waals surface area contributed by atoms with Crippen LogP contribution in [-0.2, 0) is 19.1 Å². The summed E-state index contributed by atoms with van der Waals surface area (Å²) < 4.78 is 10.2. The van der Waals surface area contributed by atoms with Crippen molar-refractivity contribution in [3.63, 3.8) is 0 Å². The molecule has 0 spiro atoms. The number of benzene rings is 2. The third-order valence-electron chi connectivity index (χ3n) is 3.26. The van der Waals surface area contributed by atoms with Crippen molar-refractivity contribution in [2.45, 2.75) is 6.92 Å². The molecule has 7 heteroatoms. The number of fused-ring (bicyclic) bond motifs is 1. The van der Waals surface area contributed by atoms with Crippen LogP contribution in [-0.4, -0.2) is 44.1 Å². The van der Waals surface area contributed by atoms with Crippen LogP contribution in [0.25, 0.3) is 10.8 Å². The summed E-state index contributed by atoms with van der Waals surface area (Å²) in [5.74, 6) is -0.982. The van der Waals surface area contributed by atoms with Gasteiger partial charge in [-0.05, 0) is 29.8 Å². The van der Waals surface area contributed by atoms with Gasteiger partial charge in [0.15, 0.2) is 13.2 Å². The molecule has 0 radical (unpaired) electrons. The average Bonchev–Trinajstić information content (AvgIpc) is 2.63. The van der Waals surface area contributed by atoms with E-state index in [1.807, 2.05) is 36.4 Å². The van der Waals surface area contributed by atoms with E-state index in [0.29, 0.717) is 12.3 Å².